The number of nitrogens with zero attached hydrogens (tertiary/aromatic N) is 1. The number of halogens is 1. The van der Waals surface area contributed by atoms with Crippen LogP contribution in [0.4, 0.5) is 14.9 Å². The molecule has 0 bridgehead atoms. The van der Waals surface area contributed by atoms with E-state index in [1.807, 2.05) is 18.2 Å². The van der Waals surface area contributed by atoms with Gasteiger partial charge in [-0.1, -0.05) is 12.1 Å². The molecule has 2 rings (SSSR count). The van der Waals surface area contributed by atoms with Crippen LogP contribution in [0.15, 0.2) is 42.5 Å². The van der Waals surface area contributed by atoms with Gasteiger partial charge in [0.1, 0.15) is 17.6 Å². The number of benzene rings is 2. The highest BCUT2D eigenvalue weighted by molar-refractivity contribution is 5.90. The van der Waals surface area contributed by atoms with E-state index < -0.39 is 11.8 Å². The zero-order chi connectivity index (χ0) is 15.9. The highest BCUT2D eigenvalue weighted by atomic mass is 19.1. The minimum atomic E-state index is -0.529. The first-order valence-electron chi connectivity index (χ1n) is 6.50. The average molecular weight is 299 g/mol. The van der Waals surface area contributed by atoms with Crippen molar-refractivity contribution < 1.29 is 13.9 Å². The van der Waals surface area contributed by atoms with Crippen LogP contribution in [-0.4, -0.2) is 13.1 Å². The van der Waals surface area contributed by atoms with E-state index in [0.29, 0.717) is 12.3 Å². The van der Waals surface area contributed by atoms with Crippen molar-refractivity contribution in [3.8, 4) is 11.8 Å². The first kappa shape index (κ1) is 15.3. The maximum Gasteiger partial charge on any atom is 0.319 e. The van der Waals surface area contributed by atoms with Gasteiger partial charge < -0.3 is 15.4 Å². The summed E-state index contributed by atoms with van der Waals surface area (Å²) in [6, 6.07) is 12.2. The molecule has 5 nitrogen and oxygen atoms in total. The van der Waals surface area contributed by atoms with Crippen LogP contribution in [0.3, 0.4) is 0 Å². The third-order valence-electron chi connectivity index (χ3n) is 2.94. The molecule has 0 atom stereocenters. The SMILES string of the molecule is COc1cccc(CNC(=O)Nc2ccc(F)cc2C#N)c1. The first-order chi connectivity index (χ1) is 10.6. The lowest BCUT2D eigenvalue weighted by Gasteiger charge is -2.09. The number of carbonyl (C=O) groups excluding carboxylic acids is 1. The van der Waals surface area contributed by atoms with Gasteiger partial charge in [-0.15, -0.1) is 0 Å². The number of carbonyl (C=O) groups is 1. The number of amides is 2. The monoisotopic (exact) mass is 299 g/mol. The van der Waals surface area contributed by atoms with Crippen LogP contribution in [0.2, 0.25) is 0 Å². The van der Waals surface area contributed by atoms with Gasteiger partial charge in [0.2, 0.25) is 0 Å². The number of ether oxygens (including phenoxy) is 1. The highest BCUT2D eigenvalue weighted by Crippen LogP contribution is 2.16. The van der Waals surface area contributed by atoms with Crippen molar-refractivity contribution in [2.45, 2.75) is 6.54 Å². The predicted molar refractivity (Wildman–Crippen MR) is 80.0 cm³/mol. The van der Waals surface area contributed by atoms with E-state index in [1.165, 1.54) is 12.1 Å². The fourth-order valence-corrected chi connectivity index (χ4v) is 1.85. The third kappa shape index (κ3) is 3.96. The molecular weight excluding hydrogens is 285 g/mol. The average Bonchev–Trinajstić information content (AvgIpc) is 2.54. The van der Waals surface area contributed by atoms with E-state index in [4.69, 9.17) is 10.00 Å². The molecule has 2 amide bonds. The molecule has 0 heterocycles. The van der Waals surface area contributed by atoms with Crippen molar-refractivity contribution in [2.24, 2.45) is 0 Å². The van der Waals surface area contributed by atoms with E-state index >= 15 is 0 Å². The summed E-state index contributed by atoms with van der Waals surface area (Å²) in [7, 11) is 1.57. The molecule has 0 aliphatic rings. The van der Waals surface area contributed by atoms with Crippen LogP contribution < -0.4 is 15.4 Å². The Morgan fingerprint density at radius 2 is 2.14 bits per heavy atom. The Bertz CT molecular complexity index is 726. The molecular formula is C16H14FN3O2. The van der Waals surface area contributed by atoms with Gasteiger partial charge in [-0.3, -0.25) is 0 Å². The molecule has 0 aliphatic heterocycles. The number of hydrogen-bond acceptors (Lipinski definition) is 3. The maximum absolute atomic E-state index is 13.0. The third-order valence-corrected chi connectivity index (χ3v) is 2.94. The van der Waals surface area contributed by atoms with Gasteiger partial charge in [-0.2, -0.15) is 5.26 Å². The van der Waals surface area contributed by atoms with Gasteiger partial charge >= 0.3 is 6.03 Å². The second-order valence-corrected chi connectivity index (χ2v) is 4.46. The van der Waals surface area contributed by atoms with Crippen molar-refractivity contribution in [1.82, 2.24) is 5.32 Å². The summed E-state index contributed by atoms with van der Waals surface area (Å²) < 4.78 is 18.1. The maximum atomic E-state index is 13.0. The lowest BCUT2D eigenvalue weighted by Crippen LogP contribution is -2.28. The Morgan fingerprint density at radius 3 is 2.86 bits per heavy atom. The summed E-state index contributed by atoms with van der Waals surface area (Å²) in [5.41, 5.74) is 1.19. The quantitative estimate of drug-likeness (QED) is 0.911. The summed E-state index contributed by atoms with van der Waals surface area (Å²) in [5, 5.41) is 14.1. The minimum absolute atomic E-state index is 0.0662. The number of methoxy groups -OCH3 is 1. The lowest BCUT2D eigenvalue weighted by molar-refractivity contribution is 0.251. The fraction of sp³-hybridized carbons (Fsp3) is 0.125. The van der Waals surface area contributed by atoms with Crippen LogP contribution in [0.5, 0.6) is 5.75 Å². The standard InChI is InChI=1S/C16H14FN3O2/c1-22-14-4-2-3-11(7-14)10-19-16(21)20-15-6-5-13(17)8-12(15)9-18/h2-8H,10H2,1H3,(H2,19,20,21). The van der Waals surface area contributed by atoms with Gasteiger partial charge in [0, 0.05) is 6.54 Å². The molecule has 0 aliphatic carbocycles. The van der Waals surface area contributed by atoms with Crippen molar-refractivity contribution in [3.63, 3.8) is 0 Å². The highest BCUT2D eigenvalue weighted by Gasteiger charge is 2.07. The molecule has 2 aromatic rings. The van der Waals surface area contributed by atoms with E-state index in [-0.39, 0.29) is 11.3 Å². The Morgan fingerprint density at radius 1 is 1.32 bits per heavy atom. The minimum Gasteiger partial charge on any atom is -0.497 e. The van der Waals surface area contributed by atoms with Gasteiger partial charge in [-0.05, 0) is 35.9 Å². The lowest BCUT2D eigenvalue weighted by atomic mass is 10.2. The number of anilines is 1. The van der Waals surface area contributed by atoms with Crippen LogP contribution in [0.1, 0.15) is 11.1 Å². The molecule has 2 aromatic carbocycles. The van der Waals surface area contributed by atoms with Gasteiger partial charge in [0.05, 0.1) is 18.4 Å². The van der Waals surface area contributed by atoms with Gasteiger partial charge in [0.25, 0.3) is 0 Å². The molecule has 0 saturated heterocycles. The number of rotatable bonds is 4. The Hall–Kier alpha value is -3.07. The van der Waals surface area contributed by atoms with Crippen molar-refractivity contribution >= 4 is 11.7 Å². The smallest absolute Gasteiger partial charge is 0.319 e. The summed E-state index contributed by atoms with van der Waals surface area (Å²) in [6.07, 6.45) is 0. The van der Waals surface area contributed by atoms with E-state index in [1.54, 1.807) is 19.2 Å². The van der Waals surface area contributed by atoms with Crippen LogP contribution in [0.25, 0.3) is 0 Å². The van der Waals surface area contributed by atoms with Crippen molar-refractivity contribution in [3.05, 3.63) is 59.4 Å². The van der Waals surface area contributed by atoms with Crippen LogP contribution >= 0.6 is 0 Å². The topological polar surface area (TPSA) is 74.2 Å². The van der Waals surface area contributed by atoms with E-state index in [0.717, 1.165) is 11.6 Å². The molecule has 0 spiro atoms. The molecule has 0 radical (unpaired) electrons. The predicted octanol–water partition coefficient (Wildman–Crippen LogP) is 3.03. The summed E-state index contributed by atoms with van der Waals surface area (Å²) >= 11 is 0. The first-order valence-corrected chi connectivity index (χ1v) is 6.50. The van der Waals surface area contributed by atoms with Gasteiger partial charge in [-0.25, -0.2) is 9.18 Å². The molecule has 2 N–H and O–H groups in total. The van der Waals surface area contributed by atoms with Crippen molar-refractivity contribution in [1.29, 1.82) is 5.26 Å². The molecule has 0 aromatic heterocycles. The second-order valence-electron chi connectivity index (χ2n) is 4.46. The largest absolute Gasteiger partial charge is 0.497 e. The number of urea groups is 1. The molecule has 0 unspecified atom stereocenters. The molecule has 112 valence electrons. The fourth-order valence-electron chi connectivity index (χ4n) is 1.85. The van der Waals surface area contributed by atoms with E-state index in [2.05, 4.69) is 10.6 Å². The number of hydrogen-bond donors (Lipinski definition) is 2. The second kappa shape index (κ2) is 7.09. The molecule has 0 fully saturated rings. The van der Waals surface area contributed by atoms with Gasteiger partial charge in [0.15, 0.2) is 0 Å². The van der Waals surface area contributed by atoms with Crippen LogP contribution in [-0.2, 0) is 6.54 Å². The number of nitriles is 1. The zero-order valence-corrected chi connectivity index (χ0v) is 11.9. The van der Waals surface area contributed by atoms with Crippen LogP contribution in [0, 0.1) is 17.1 Å². The zero-order valence-electron chi connectivity index (χ0n) is 11.9. The summed E-state index contributed by atoms with van der Waals surface area (Å²) in [6.45, 7) is 0.298. The Balaban J connectivity index is 1.97. The Kier molecular flexibility index (Phi) is 4.94. The summed E-state index contributed by atoms with van der Waals surface area (Å²) in [5.74, 6) is 0.170. The molecule has 0 saturated carbocycles. The summed E-state index contributed by atoms with van der Waals surface area (Å²) in [4.78, 5) is 11.8. The normalized spacial score (nSPS) is 9.68. The molecule has 22 heavy (non-hydrogen) atoms. The number of nitrogens with one attached hydrogen (secondary N) is 2. The Labute approximate surface area is 127 Å². The molecule has 6 heteroatoms. The van der Waals surface area contributed by atoms with E-state index in [9.17, 15) is 9.18 Å². The van der Waals surface area contributed by atoms with Crippen molar-refractivity contribution in [2.75, 3.05) is 12.4 Å².